The van der Waals surface area contributed by atoms with E-state index in [0.717, 1.165) is 12.0 Å². The third-order valence-electron chi connectivity index (χ3n) is 5.85. The van der Waals surface area contributed by atoms with Crippen LogP contribution in [0, 0.1) is 5.92 Å². The number of benzene rings is 2. The molecule has 4 rings (SSSR count). The van der Waals surface area contributed by atoms with Gasteiger partial charge in [-0.2, -0.15) is 0 Å². The number of amides is 2. The number of hydrogen-bond acceptors (Lipinski definition) is 4. The fourth-order valence-corrected chi connectivity index (χ4v) is 4.41. The van der Waals surface area contributed by atoms with Crippen molar-refractivity contribution in [3.8, 4) is 11.5 Å². The Labute approximate surface area is 165 Å². The molecule has 2 aromatic carbocycles. The van der Waals surface area contributed by atoms with Gasteiger partial charge in [0, 0.05) is 37.6 Å². The maximum absolute atomic E-state index is 12.9. The summed E-state index contributed by atoms with van der Waals surface area (Å²) in [5.74, 6) is 1.11. The zero-order valence-corrected chi connectivity index (χ0v) is 16.0. The minimum absolute atomic E-state index is 0.0642. The maximum Gasteiger partial charge on any atom is 0.317 e. The number of phenolic OH excluding ortho intramolecular Hbond substituents is 1. The monoisotopic (exact) mass is 382 g/mol. The molecule has 0 aromatic heterocycles. The van der Waals surface area contributed by atoms with Crippen LogP contribution in [0.25, 0.3) is 0 Å². The number of carbonyl (C=O) groups is 1. The van der Waals surface area contributed by atoms with E-state index in [1.165, 1.54) is 12.7 Å². The Balaban J connectivity index is 1.45. The molecule has 2 fully saturated rings. The van der Waals surface area contributed by atoms with E-state index in [9.17, 15) is 9.90 Å². The summed E-state index contributed by atoms with van der Waals surface area (Å²) in [4.78, 5) is 14.9. The highest BCUT2D eigenvalue weighted by Crippen LogP contribution is 2.40. The summed E-state index contributed by atoms with van der Waals surface area (Å²) >= 11 is 0. The summed E-state index contributed by atoms with van der Waals surface area (Å²) in [6.45, 7) is 2.44. The molecule has 2 saturated heterocycles. The Kier molecular flexibility index (Phi) is 5.39. The van der Waals surface area contributed by atoms with E-state index in [0.29, 0.717) is 43.9 Å². The van der Waals surface area contributed by atoms with Crippen molar-refractivity contribution >= 4 is 6.03 Å². The van der Waals surface area contributed by atoms with E-state index in [4.69, 9.17) is 9.47 Å². The van der Waals surface area contributed by atoms with Crippen LogP contribution in [0.5, 0.6) is 11.5 Å². The number of methoxy groups -OCH3 is 1. The Morgan fingerprint density at radius 1 is 1.29 bits per heavy atom. The van der Waals surface area contributed by atoms with E-state index in [-0.39, 0.29) is 17.8 Å². The van der Waals surface area contributed by atoms with Crippen molar-refractivity contribution in [3.63, 3.8) is 0 Å². The van der Waals surface area contributed by atoms with Crippen LogP contribution in [0.3, 0.4) is 0 Å². The molecule has 2 aromatic rings. The number of phenols is 1. The molecule has 6 heteroatoms. The third kappa shape index (κ3) is 3.64. The average Bonchev–Trinajstić information content (AvgIpc) is 3.12. The third-order valence-corrected chi connectivity index (χ3v) is 5.85. The van der Waals surface area contributed by atoms with Crippen molar-refractivity contribution in [2.75, 3.05) is 26.9 Å². The van der Waals surface area contributed by atoms with E-state index in [2.05, 4.69) is 17.4 Å². The van der Waals surface area contributed by atoms with Crippen molar-refractivity contribution < 1.29 is 19.4 Å². The van der Waals surface area contributed by atoms with Gasteiger partial charge in [-0.15, -0.1) is 0 Å². The molecule has 6 nitrogen and oxygen atoms in total. The molecule has 3 unspecified atom stereocenters. The molecule has 0 saturated carbocycles. The molecule has 0 spiro atoms. The average molecular weight is 382 g/mol. The largest absolute Gasteiger partial charge is 0.504 e. The van der Waals surface area contributed by atoms with Gasteiger partial charge in [0.25, 0.3) is 0 Å². The standard InChI is InChI=1S/C22H26N2O4/c1-27-21-8-7-15(11-20(21)25)12-23-22(26)24-13-17(16-5-3-2-4-6-16)18-14-28-10-9-19(18)24/h2-8,11,17-19,25H,9-10,12-14H2,1H3,(H,23,26). The molecule has 3 atom stereocenters. The summed E-state index contributed by atoms with van der Waals surface area (Å²) in [6, 6.07) is 15.7. The van der Waals surface area contributed by atoms with Crippen LogP contribution in [-0.2, 0) is 11.3 Å². The molecular formula is C22H26N2O4. The zero-order chi connectivity index (χ0) is 19.5. The smallest absolute Gasteiger partial charge is 0.317 e. The van der Waals surface area contributed by atoms with Crippen molar-refractivity contribution in [2.24, 2.45) is 5.92 Å². The Morgan fingerprint density at radius 3 is 2.86 bits per heavy atom. The van der Waals surface area contributed by atoms with Gasteiger partial charge in [0.2, 0.25) is 0 Å². The lowest BCUT2D eigenvalue weighted by Crippen LogP contribution is -2.46. The van der Waals surface area contributed by atoms with Gasteiger partial charge in [-0.1, -0.05) is 36.4 Å². The van der Waals surface area contributed by atoms with Crippen molar-refractivity contribution in [2.45, 2.75) is 24.9 Å². The first-order valence-electron chi connectivity index (χ1n) is 9.70. The number of nitrogens with zero attached hydrogens (tertiary/aromatic N) is 1. The van der Waals surface area contributed by atoms with Crippen LogP contribution < -0.4 is 10.1 Å². The van der Waals surface area contributed by atoms with E-state index >= 15 is 0 Å². The summed E-state index contributed by atoms with van der Waals surface area (Å²) in [6.07, 6.45) is 0.866. The number of nitrogens with one attached hydrogen (secondary N) is 1. The summed E-state index contributed by atoms with van der Waals surface area (Å²) < 4.78 is 10.8. The van der Waals surface area contributed by atoms with E-state index in [1.807, 2.05) is 29.2 Å². The molecule has 0 bridgehead atoms. The molecular weight excluding hydrogens is 356 g/mol. The highest BCUT2D eigenvalue weighted by atomic mass is 16.5. The van der Waals surface area contributed by atoms with Gasteiger partial charge >= 0.3 is 6.03 Å². The van der Waals surface area contributed by atoms with Gasteiger partial charge in [0.1, 0.15) is 0 Å². The lowest BCUT2D eigenvalue weighted by molar-refractivity contribution is 0.0261. The number of carbonyl (C=O) groups excluding carboxylic acids is 1. The number of urea groups is 1. The second-order valence-corrected chi connectivity index (χ2v) is 7.43. The Bertz CT molecular complexity index is 827. The first kappa shape index (κ1) is 18.6. The highest BCUT2D eigenvalue weighted by Gasteiger charge is 2.45. The number of hydrogen-bond donors (Lipinski definition) is 2. The molecule has 28 heavy (non-hydrogen) atoms. The molecule has 0 radical (unpaired) electrons. The number of ether oxygens (including phenoxy) is 2. The predicted octanol–water partition coefficient (Wildman–Crippen LogP) is 3.11. The molecule has 2 aliphatic rings. The molecule has 0 aliphatic carbocycles. The normalized spacial score (nSPS) is 23.9. The number of rotatable bonds is 4. The molecule has 2 N–H and O–H groups in total. The highest BCUT2D eigenvalue weighted by molar-refractivity contribution is 5.75. The van der Waals surface area contributed by atoms with Crippen LogP contribution in [0.15, 0.2) is 48.5 Å². The van der Waals surface area contributed by atoms with Crippen LogP contribution in [-0.4, -0.2) is 48.9 Å². The maximum atomic E-state index is 12.9. The first-order chi connectivity index (χ1) is 13.7. The predicted molar refractivity (Wildman–Crippen MR) is 105 cm³/mol. The Morgan fingerprint density at radius 2 is 2.11 bits per heavy atom. The van der Waals surface area contributed by atoms with Gasteiger partial charge < -0.3 is 24.8 Å². The fraction of sp³-hybridized carbons (Fsp3) is 0.409. The number of fused-ring (bicyclic) bond motifs is 1. The van der Waals surface area contributed by atoms with Gasteiger partial charge in [0.15, 0.2) is 11.5 Å². The minimum atomic E-state index is -0.0642. The van der Waals surface area contributed by atoms with E-state index < -0.39 is 0 Å². The van der Waals surface area contributed by atoms with Crippen molar-refractivity contribution in [1.29, 1.82) is 0 Å². The summed E-state index contributed by atoms with van der Waals surface area (Å²) in [5, 5.41) is 12.9. The molecule has 2 amide bonds. The topological polar surface area (TPSA) is 71.0 Å². The number of aromatic hydroxyl groups is 1. The zero-order valence-electron chi connectivity index (χ0n) is 16.0. The second-order valence-electron chi connectivity index (χ2n) is 7.43. The fourth-order valence-electron chi connectivity index (χ4n) is 4.41. The molecule has 148 valence electrons. The number of likely N-dealkylation sites (tertiary alicyclic amines) is 1. The van der Waals surface area contributed by atoms with Crippen LogP contribution in [0.4, 0.5) is 4.79 Å². The Hall–Kier alpha value is -2.73. The van der Waals surface area contributed by atoms with Gasteiger partial charge in [-0.05, 0) is 29.7 Å². The summed E-state index contributed by atoms with van der Waals surface area (Å²) in [5.41, 5.74) is 2.09. The lowest BCUT2D eigenvalue weighted by atomic mass is 9.84. The lowest BCUT2D eigenvalue weighted by Gasteiger charge is -2.32. The first-order valence-corrected chi connectivity index (χ1v) is 9.70. The second kappa shape index (κ2) is 8.10. The SMILES string of the molecule is COc1ccc(CNC(=O)N2CC(c3ccccc3)C3COCCC32)cc1O. The minimum Gasteiger partial charge on any atom is -0.504 e. The van der Waals surface area contributed by atoms with E-state index in [1.54, 1.807) is 12.1 Å². The molecule has 2 heterocycles. The molecule has 2 aliphatic heterocycles. The van der Waals surface area contributed by atoms with Crippen LogP contribution in [0.2, 0.25) is 0 Å². The van der Waals surface area contributed by atoms with Gasteiger partial charge in [-0.3, -0.25) is 0 Å². The van der Waals surface area contributed by atoms with Crippen LogP contribution >= 0.6 is 0 Å². The van der Waals surface area contributed by atoms with Crippen LogP contribution in [0.1, 0.15) is 23.5 Å². The van der Waals surface area contributed by atoms with Crippen molar-refractivity contribution in [1.82, 2.24) is 10.2 Å². The van der Waals surface area contributed by atoms with Crippen molar-refractivity contribution in [3.05, 3.63) is 59.7 Å². The quantitative estimate of drug-likeness (QED) is 0.852. The van der Waals surface area contributed by atoms with Gasteiger partial charge in [0.05, 0.1) is 13.7 Å². The summed E-state index contributed by atoms with van der Waals surface area (Å²) in [7, 11) is 1.51. The van der Waals surface area contributed by atoms with Gasteiger partial charge in [-0.25, -0.2) is 4.79 Å².